The molecule has 3 aromatic rings. The molecule has 5 heteroatoms. The summed E-state index contributed by atoms with van der Waals surface area (Å²) in [5.41, 5.74) is 1.57. The van der Waals surface area contributed by atoms with Gasteiger partial charge in [-0.15, -0.1) is 0 Å². The molecule has 0 saturated carbocycles. The zero-order valence-corrected chi connectivity index (χ0v) is 12.0. The number of hydrogen-bond donors (Lipinski definition) is 0. The molecule has 0 aliphatic carbocycles. The van der Waals surface area contributed by atoms with Crippen LogP contribution >= 0.6 is 15.9 Å². The quantitative estimate of drug-likeness (QED) is 0.721. The van der Waals surface area contributed by atoms with Gasteiger partial charge in [0.05, 0.1) is 22.7 Å². The monoisotopic (exact) mass is 332 g/mol. The van der Waals surface area contributed by atoms with E-state index in [9.17, 15) is 9.18 Å². The van der Waals surface area contributed by atoms with Crippen molar-refractivity contribution < 1.29 is 4.39 Å². The highest BCUT2D eigenvalue weighted by atomic mass is 79.9. The van der Waals surface area contributed by atoms with Crippen LogP contribution in [0.4, 0.5) is 4.39 Å². The van der Waals surface area contributed by atoms with E-state index in [1.807, 2.05) is 18.2 Å². The van der Waals surface area contributed by atoms with Gasteiger partial charge < -0.3 is 0 Å². The van der Waals surface area contributed by atoms with Crippen molar-refractivity contribution in [2.75, 3.05) is 0 Å². The lowest BCUT2D eigenvalue weighted by molar-refractivity contribution is 0.618. The van der Waals surface area contributed by atoms with Crippen molar-refractivity contribution in [3.63, 3.8) is 0 Å². The number of para-hydroxylation sites is 1. The highest BCUT2D eigenvalue weighted by Crippen LogP contribution is 2.18. The third-order valence-electron chi connectivity index (χ3n) is 3.08. The molecule has 0 aliphatic rings. The van der Waals surface area contributed by atoms with E-state index in [1.54, 1.807) is 22.9 Å². The Morgan fingerprint density at radius 3 is 2.80 bits per heavy atom. The normalized spacial score (nSPS) is 10.9. The van der Waals surface area contributed by atoms with Crippen LogP contribution in [0, 0.1) is 5.82 Å². The maximum absolute atomic E-state index is 13.2. The smallest absolute Gasteiger partial charge is 0.207 e. The number of fused-ring (bicyclic) bond motifs is 1. The average Bonchev–Trinajstić information content (AvgIpc) is 2.46. The fourth-order valence-electron chi connectivity index (χ4n) is 2.10. The molecule has 0 N–H and O–H groups in total. The van der Waals surface area contributed by atoms with Gasteiger partial charge in [0.15, 0.2) is 0 Å². The van der Waals surface area contributed by atoms with Crippen molar-refractivity contribution in [2.24, 2.45) is 0 Å². The summed E-state index contributed by atoms with van der Waals surface area (Å²) in [6.45, 7) is 0.472. The molecule has 0 bridgehead atoms. The average molecular weight is 333 g/mol. The van der Waals surface area contributed by atoms with Gasteiger partial charge in [-0.1, -0.05) is 18.2 Å². The molecule has 3 rings (SSSR count). The molecule has 3 nitrogen and oxygen atoms in total. The third kappa shape index (κ3) is 2.36. The minimum absolute atomic E-state index is 0.0999. The molecule has 0 aliphatic heterocycles. The highest BCUT2D eigenvalue weighted by molar-refractivity contribution is 9.10. The van der Waals surface area contributed by atoms with Crippen LogP contribution in [0.15, 0.2) is 57.9 Å². The number of aromatic nitrogens is 2. The van der Waals surface area contributed by atoms with Crippen molar-refractivity contribution in [3.05, 3.63) is 74.7 Å². The first kappa shape index (κ1) is 13.0. The molecule has 1 aromatic heterocycles. The van der Waals surface area contributed by atoms with Crippen molar-refractivity contribution >= 4 is 26.8 Å². The number of benzene rings is 2. The predicted molar refractivity (Wildman–Crippen MR) is 79.2 cm³/mol. The topological polar surface area (TPSA) is 34.9 Å². The predicted octanol–water partition coefficient (Wildman–Crippen LogP) is 3.35. The van der Waals surface area contributed by atoms with Gasteiger partial charge in [0.2, 0.25) is 5.43 Å². The Balaban J connectivity index is 2.09. The molecule has 0 spiro atoms. The largest absolute Gasteiger partial charge is 0.287 e. The van der Waals surface area contributed by atoms with Crippen molar-refractivity contribution in [1.29, 1.82) is 0 Å². The van der Waals surface area contributed by atoms with Gasteiger partial charge in [-0.05, 0) is 45.8 Å². The molecule has 20 heavy (non-hydrogen) atoms. The van der Waals surface area contributed by atoms with E-state index in [0.29, 0.717) is 16.4 Å². The van der Waals surface area contributed by atoms with Gasteiger partial charge in [0, 0.05) is 5.39 Å². The Bertz CT molecular complexity index is 845. The van der Waals surface area contributed by atoms with E-state index in [1.165, 1.54) is 12.3 Å². The van der Waals surface area contributed by atoms with E-state index in [2.05, 4.69) is 21.0 Å². The van der Waals surface area contributed by atoms with Crippen LogP contribution in [0.1, 0.15) is 5.56 Å². The van der Waals surface area contributed by atoms with Crippen molar-refractivity contribution in [1.82, 2.24) is 9.78 Å². The Hall–Kier alpha value is -2.01. The Morgan fingerprint density at radius 2 is 2.00 bits per heavy atom. The number of nitrogens with zero attached hydrogens (tertiary/aromatic N) is 2. The zero-order valence-electron chi connectivity index (χ0n) is 10.4. The van der Waals surface area contributed by atoms with Gasteiger partial charge in [-0.3, -0.25) is 9.48 Å². The number of halogens is 2. The lowest BCUT2D eigenvalue weighted by Gasteiger charge is -2.09. The van der Waals surface area contributed by atoms with Crippen LogP contribution < -0.4 is 5.43 Å². The fraction of sp³-hybridized carbons (Fsp3) is 0.0667. The SMILES string of the molecule is O=c1cnn(Cc2ccc(F)c(Br)c2)c2ccccc12. The molecule has 0 unspecified atom stereocenters. The van der Waals surface area contributed by atoms with Crippen molar-refractivity contribution in [2.45, 2.75) is 6.54 Å². The van der Waals surface area contributed by atoms with E-state index in [4.69, 9.17) is 0 Å². The summed E-state index contributed by atoms with van der Waals surface area (Å²) in [5, 5.41) is 4.78. The first-order chi connectivity index (χ1) is 9.65. The van der Waals surface area contributed by atoms with Gasteiger partial charge in [0.1, 0.15) is 5.82 Å². The van der Waals surface area contributed by atoms with Gasteiger partial charge in [0.25, 0.3) is 0 Å². The van der Waals surface area contributed by atoms with E-state index >= 15 is 0 Å². The number of hydrogen-bond acceptors (Lipinski definition) is 2. The lowest BCUT2D eigenvalue weighted by atomic mass is 10.2. The van der Waals surface area contributed by atoms with Crippen LogP contribution in [0.5, 0.6) is 0 Å². The molecule has 0 saturated heterocycles. The first-order valence-electron chi connectivity index (χ1n) is 6.04. The molecular weight excluding hydrogens is 323 g/mol. The molecule has 0 atom stereocenters. The zero-order chi connectivity index (χ0) is 14.1. The molecule has 2 aromatic carbocycles. The van der Waals surface area contributed by atoms with E-state index in [-0.39, 0.29) is 11.2 Å². The summed E-state index contributed by atoms with van der Waals surface area (Å²) < 4.78 is 15.4. The maximum atomic E-state index is 13.2. The molecule has 0 amide bonds. The summed E-state index contributed by atoms with van der Waals surface area (Å²) in [7, 11) is 0. The van der Waals surface area contributed by atoms with Gasteiger partial charge in [-0.2, -0.15) is 5.10 Å². The molecular formula is C15H10BrFN2O. The fourth-order valence-corrected chi connectivity index (χ4v) is 2.52. The van der Waals surface area contributed by atoms with E-state index < -0.39 is 0 Å². The molecule has 0 radical (unpaired) electrons. The summed E-state index contributed by atoms with van der Waals surface area (Å²) in [6, 6.07) is 12.1. The van der Waals surface area contributed by atoms with Crippen molar-refractivity contribution in [3.8, 4) is 0 Å². The van der Waals surface area contributed by atoms with Crippen LogP contribution in [0.2, 0.25) is 0 Å². The second-order valence-electron chi connectivity index (χ2n) is 4.43. The maximum Gasteiger partial charge on any atom is 0.207 e. The Kier molecular flexibility index (Phi) is 3.36. The lowest BCUT2D eigenvalue weighted by Crippen LogP contribution is -2.12. The summed E-state index contributed by atoms with van der Waals surface area (Å²) in [5.74, 6) is -0.300. The third-order valence-corrected chi connectivity index (χ3v) is 3.69. The minimum atomic E-state index is -0.300. The highest BCUT2D eigenvalue weighted by Gasteiger charge is 2.05. The Morgan fingerprint density at radius 1 is 1.20 bits per heavy atom. The number of rotatable bonds is 2. The molecule has 100 valence electrons. The van der Waals surface area contributed by atoms with Gasteiger partial charge >= 0.3 is 0 Å². The molecule has 1 heterocycles. The van der Waals surface area contributed by atoms with Crippen LogP contribution in [0.3, 0.4) is 0 Å². The summed E-state index contributed by atoms with van der Waals surface area (Å²) in [4.78, 5) is 11.7. The second-order valence-corrected chi connectivity index (χ2v) is 5.29. The van der Waals surface area contributed by atoms with E-state index in [0.717, 1.165) is 11.1 Å². The Labute approximate surface area is 122 Å². The van der Waals surface area contributed by atoms with Crippen LogP contribution in [0.25, 0.3) is 10.9 Å². The second kappa shape index (κ2) is 5.17. The van der Waals surface area contributed by atoms with Gasteiger partial charge in [-0.25, -0.2) is 4.39 Å². The summed E-state index contributed by atoms with van der Waals surface area (Å²) in [6.07, 6.45) is 1.31. The standard InChI is InChI=1S/C15H10BrFN2O/c16-12-7-10(5-6-13(12)17)9-19-14-4-2-1-3-11(14)15(20)8-18-19/h1-8H,9H2. The summed E-state index contributed by atoms with van der Waals surface area (Å²) >= 11 is 3.17. The minimum Gasteiger partial charge on any atom is -0.287 e. The first-order valence-corrected chi connectivity index (χ1v) is 6.83. The van der Waals surface area contributed by atoms with Crippen LogP contribution in [-0.2, 0) is 6.54 Å². The van der Waals surface area contributed by atoms with Crippen LogP contribution in [-0.4, -0.2) is 9.78 Å². The molecule has 0 fully saturated rings.